The number of benzene rings is 1. The molecule has 0 amide bonds. The zero-order chi connectivity index (χ0) is 12.4. The lowest BCUT2D eigenvalue weighted by Crippen LogP contribution is -2.42. The molecular formula is C12H16N2O3. The zero-order valence-corrected chi connectivity index (χ0v) is 9.69. The molecule has 0 fully saturated rings. The molecule has 0 saturated carbocycles. The third-order valence-electron chi connectivity index (χ3n) is 3.16. The number of fused-ring (bicyclic) bond motifs is 1. The first kappa shape index (κ1) is 11.9. The van der Waals surface area contributed by atoms with Gasteiger partial charge in [-0.25, -0.2) is 0 Å². The SMILES string of the molecule is COc1ccc(CN)c2c1CC(C(=O)O)NC2. The van der Waals surface area contributed by atoms with Crippen LogP contribution in [0.4, 0.5) is 0 Å². The quantitative estimate of drug-likeness (QED) is 0.700. The number of ether oxygens (including phenoxy) is 1. The molecule has 1 aromatic carbocycles. The van der Waals surface area contributed by atoms with Crippen molar-refractivity contribution in [3.63, 3.8) is 0 Å². The summed E-state index contributed by atoms with van der Waals surface area (Å²) in [6.07, 6.45) is 0.432. The first-order valence-electron chi connectivity index (χ1n) is 5.51. The molecule has 1 aliphatic heterocycles. The van der Waals surface area contributed by atoms with Gasteiger partial charge in [0.05, 0.1) is 7.11 Å². The van der Waals surface area contributed by atoms with Crippen LogP contribution < -0.4 is 15.8 Å². The fourth-order valence-corrected chi connectivity index (χ4v) is 2.22. The van der Waals surface area contributed by atoms with Gasteiger partial charge in [0.1, 0.15) is 11.8 Å². The summed E-state index contributed by atoms with van der Waals surface area (Å²) in [6.45, 7) is 0.974. The van der Waals surface area contributed by atoms with Crippen LogP contribution in [0.2, 0.25) is 0 Å². The second-order valence-electron chi connectivity index (χ2n) is 4.06. The summed E-state index contributed by atoms with van der Waals surface area (Å²) in [5, 5.41) is 12.0. The number of hydrogen-bond acceptors (Lipinski definition) is 4. The van der Waals surface area contributed by atoms with Crippen LogP contribution in [0.25, 0.3) is 0 Å². The van der Waals surface area contributed by atoms with E-state index >= 15 is 0 Å². The Bertz CT molecular complexity index is 446. The minimum absolute atomic E-state index is 0.432. The van der Waals surface area contributed by atoms with Crippen LogP contribution in [0.15, 0.2) is 12.1 Å². The molecule has 5 heteroatoms. The van der Waals surface area contributed by atoms with Crippen LogP contribution in [0.1, 0.15) is 16.7 Å². The highest BCUT2D eigenvalue weighted by Gasteiger charge is 2.27. The van der Waals surface area contributed by atoms with Gasteiger partial charge in [0.25, 0.3) is 0 Å². The zero-order valence-electron chi connectivity index (χ0n) is 9.69. The van der Waals surface area contributed by atoms with Gasteiger partial charge < -0.3 is 15.6 Å². The lowest BCUT2D eigenvalue weighted by Gasteiger charge is -2.26. The Balaban J connectivity index is 2.43. The number of carboxylic acid groups (broad SMARTS) is 1. The summed E-state index contributed by atoms with van der Waals surface area (Å²) in [5.41, 5.74) is 8.75. The predicted molar refractivity (Wildman–Crippen MR) is 62.9 cm³/mol. The van der Waals surface area contributed by atoms with Gasteiger partial charge in [-0.1, -0.05) is 6.07 Å². The molecule has 92 valence electrons. The number of carbonyl (C=O) groups is 1. The number of aliphatic carboxylic acids is 1. The number of hydrogen-bond donors (Lipinski definition) is 3. The van der Waals surface area contributed by atoms with E-state index in [4.69, 9.17) is 15.6 Å². The van der Waals surface area contributed by atoms with Crippen molar-refractivity contribution in [3.8, 4) is 5.75 Å². The first-order valence-corrected chi connectivity index (χ1v) is 5.51. The molecule has 0 saturated heterocycles. The van der Waals surface area contributed by atoms with Crippen LogP contribution in [0.3, 0.4) is 0 Å². The molecule has 1 aliphatic rings. The summed E-state index contributed by atoms with van der Waals surface area (Å²) in [6, 6.07) is 3.23. The molecule has 4 N–H and O–H groups in total. The third-order valence-corrected chi connectivity index (χ3v) is 3.16. The van der Waals surface area contributed by atoms with Gasteiger partial charge in [-0.05, 0) is 17.2 Å². The van der Waals surface area contributed by atoms with Gasteiger partial charge in [-0.2, -0.15) is 0 Å². The third kappa shape index (κ3) is 2.11. The van der Waals surface area contributed by atoms with Crippen LogP contribution in [0.5, 0.6) is 5.75 Å². The molecule has 2 rings (SSSR count). The molecule has 5 nitrogen and oxygen atoms in total. The molecule has 0 aliphatic carbocycles. The Kier molecular flexibility index (Phi) is 3.31. The molecular weight excluding hydrogens is 220 g/mol. The van der Waals surface area contributed by atoms with Crippen LogP contribution in [-0.2, 0) is 24.3 Å². The van der Waals surface area contributed by atoms with Crippen molar-refractivity contribution in [2.75, 3.05) is 7.11 Å². The van der Waals surface area contributed by atoms with Gasteiger partial charge in [0, 0.05) is 25.1 Å². The summed E-state index contributed by atoms with van der Waals surface area (Å²) >= 11 is 0. The van der Waals surface area contributed by atoms with Crippen molar-refractivity contribution in [2.45, 2.75) is 25.6 Å². The number of nitrogens with one attached hydrogen (secondary N) is 1. The highest BCUT2D eigenvalue weighted by molar-refractivity contribution is 5.75. The fraction of sp³-hybridized carbons (Fsp3) is 0.417. The van der Waals surface area contributed by atoms with E-state index in [-0.39, 0.29) is 0 Å². The van der Waals surface area contributed by atoms with Gasteiger partial charge in [-0.15, -0.1) is 0 Å². The lowest BCUT2D eigenvalue weighted by atomic mass is 9.91. The predicted octanol–water partition coefficient (Wildman–Crippen LogP) is 0.253. The van der Waals surface area contributed by atoms with Crippen molar-refractivity contribution in [3.05, 3.63) is 28.8 Å². The van der Waals surface area contributed by atoms with E-state index in [0.29, 0.717) is 19.5 Å². The minimum Gasteiger partial charge on any atom is -0.496 e. The van der Waals surface area contributed by atoms with Crippen molar-refractivity contribution in [2.24, 2.45) is 5.73 Å². The Morgan fingerprint density at radius 1 is 1.59 bits per heavy atom. The van der Waals surface area contributed by atoms with Crippen LogP contribution in [0, 0.1) is 0 Å². The average Bonchev–Trinajstić information content (AvgIpc) is 2.36. The normalized spacial score (nSPS) is 18.6. The minimum atomic E-state index is -0.837. The van der Waals surface area contributed by atoms with E-state index in [1.165, 1.54) is 0 Å². The highest BCUT2D eigenvalue weighted by Crippen LogP contribution is 2.29. The van der Waals surface area contributed by atoms with E-state index in [1.807, 2.05) is 12.1 Å². The molecule has 1 atom stereocenters. The molecule has 0 radical (unpaired) electrons. The Morgan fingerprint density at radius 3 is 2.94 bits per heavy atom. The second-order valence-corrected chi connectivity index (χ2v) is 4.06. The molecule has 17 heavy (non-hydrogen) atoms. The van der Waals surface area contributed by atoms with Crippen molar-refractivity contribution < 1.29 is 14.6 Å². The van der Waals surface area contributed by atoms with E-state index in [9.17, 15) is 4.79 Å². The highest BCUT2D eigenvalue weighted by atomic mass is 16.5. The van der Waals surface area contributed by atoms with Gasteiger partial charge in [-0.3, -0.25) is 10.1 Å². The molecule has 1 aromatic rings. The van der Waals surface area contributed by atoms with Crippen molar-refractivity contribution in [1.29, 1.82) is 0 Å². The fourth-order valence-electron chi connectivity index (χ4n) is 2.22. The monoisotopic (exact) mass is 236 g/mol. The van der Waals surface area contributed by atoms with E-state index < -0.39 is 12.0 Å². The number of rotatable bonds is 3. The van der Waals surface area contributed by atoms with Crippen molar-refractivity contribution >= 4 is 5.97 Å². The Labute approximate surface area is 99.6 Å². The lowest BCUT2D eigenvalue weighted by molar-refractivity contribution is -0.139. The van der Waals surface area contributed by atoms with Gasteiger partial charge in [0.15, 0.2) is 0 Å². The van der Waals surface area contributed by atoms with Crippen molar-refractivity contribution in [1.82, 2.24) is 5.32 Å². The number of methoxy groups -OCH3 is 1. The second kappa shape index (κ2) is 4.73. The molecule has 1 unspecified atom stereocenters. The summed E-state index contributed by atoms with van der Waals surface area (Å²) < 4.78 is 5.28. The van der Waals surface area contributed by atoms with Crippen LogP contribution in [-0.4, -0.2) is 24.2 Å². The largest absolute Gasteiger partial charge is 0.496 e. The summed E-state index contributed by atoms with van der Waals surface area (Å²) in [4.78, 5) is 11.0. The molecule has 0 bridgehead atoms. The topological polar surface area (TPSA) is 84.6 Å². The Hall–Kier alpha value is -1.59. The maximum Gasteiger partial charge on any atom is 0.321 e. The van der Waals surface area contributed by atoms with Crippen LogP contribution >= 0.6 is 0 Å². The number of carboxylic acids is 1. The maximum absolute atomic E-state index is 11.0. The molecule has 0 spiro atoms. The van der Waals surface area contributed by atoms with E-state index in [1.54, 1.807) is 7.11 Å². The summed E-state index contributed by atoms with van der Waals surface area (Å²) in [7, 11) is 1.59. The van der Waals surface area contributed by atoms with Gasteiger partial charge >= 0.3 is 5.97 Å². The molecule has 1 heterocycles. The summed E-state index contributed by atoms with van der Waals surface area (Å²) in [5.74, 6) is -0.0965. The van der Waals surface area contributed by atoms with E-state index in [2.05, 4.69) is 5.32 Å². The maximum atomic E-state index is 11.0. The standard InChI is InChI=1S/C12H16N2O3/c1-17-11-3-2-7(5-13)9-6-14-10(12(15)16)4-8(9)11/h2-3,10,14H,4-6,13H2,1H3,(H,15,16). The van der Waals surface area contributed by atoms with E-state index in [0.717, 1.165) is 22.4 Å². The first-order chi connectivity index (χ1) is 8.17. The molecule has 0 aromatic heterocycles. The number of nitrogens with two attached hydrogens (primary N) is 1. The van der Waals surface area contributed by atoms with Gasteiger partial charge in [0.2, 0.25) is 0 Å². The Morgan fingerprint density at radius 2 is 2.35 bits per heavy atom. The average molecular weight is 236 g/mol. The smallest absolute Gasteiger partial charge is 0.321 e.